The van der Waals surface area contributed by atoms with Crippen LogP contribution in [0.5, 0.6) is 0 Å². The summed E-state index contributed by atoms with van der Waals surface area (Å²) in [6.07, 6.45) is 1.40. The molecule has 0 saturated heterocycles. The summed E-state index contributed by atoms with van der Waals surface area (Å²) < 4.78 is 2.55. The van der Waals surface area contributed by atoms with Gasteiger partial charge in [0.05, 0.1) is 22.1 Å². The zero-order valence-corrected chi connectivity index (χ0v) is 16.8. The van der Waals surface area contributed by atoms with Crippen LogP contribution in [0.4, 0.5) is 0 Å². The van der Waals surface area contributed by atoms with E-state index in [9.17, 15) is 19.2 Å². The van der Waals surface area contributed by atoms with Gasteiger partial charge in [-0.1, -0.05) is 0 Å². The SMILES string of the molecule is Cc1nc(C)c(-c2ccc(=O)n(CCNC(=O)CCn3ccc(=O)[nH]c3=O)n2)s1. The van der Waals surface area contributed by atoms with Gasteiger partial charge in [-0.15, -0.1) is 11.3 Å². The van der Waals surface area contributed by atoms with Crippen molar-refractivity contribution in [2.75, 3.05) is 6.54 Å². The predicted octanol–water partition coefficient (Wildman–Crippen LogP) is 0.0401. The molecule has 0 fully saturated rings. The Morgan fingerprint density at radius 1 is 1.17 bits per heavy atom. The second kappa shape index (κ2) is 8.78. The monoisotopic (exact) mass is 416 g/mol. The lowest BCUT2D eigenvalue weighted by Crippen LogP contribution is -2.34. The first-order valence-corrected chi connectivity index (χ1v) is 9.74. The first-order chi connectivity index (χ1) is 13.8. The van der Waals surface area contributed by atoms with Gasteiger partial charge in [0.15, 0.2) is 0 Å². The van der Waals surface area contributed by atoms with Crippen LogP contribution < -0.4 is 22.1 Å². The minimum atomic E-state index is -0.563. The molecule has 1 amide bonds. The largest absolute Gasteiger partial charge is 0.354 e. The van der Waals surface area contributed by atoms with Crippen LogP contribution in [-0.4, -0.2) is 36.8 Å². The molecule has 2 N–H and O–H groups in total. The highest BCUT2D eigenvalue weighted by atomic mass is 32.1. The number of aromatic amines is 1. The molecular weight excluding hydrogens is 396 g/mol. The second-order valence-corrected chi connectivity index (χ2v) is 7.53. The highest BCUT2D eigenvalue weighted by Crippen LogP contribution is 2.27. The first kappa shape index (κ1) is 20.4. The molecule has 0 aliphatic heterocycles. The lowest BCUT2D eigenvalue weighted by Gasteiger charge is -2.09. The van der Waals surface area contributed by atoms with Crippen LogP contribution in [0.15, 0.2) is 38.8 Å². The van der Waals surface area contributed by atoms with E-state index in [1.165, 1.54) is 38.9 Å². The molecule has 0 spiro atoms. The molecule has 0 bridgehead atoms. The van der Waals surface area contributed by atoms with Gasteiger partial charge in [0.2, 0.25) is 5.91 Å². The van der Waals surface area contributed by atoms with Crippen LogP contribution in [0.3, 0.4) is 0 Å². The van der Waals surface area contributed by atoms with Crippen molar-refractivity contribution in [3.63, 3.8) is 0 Å². The summed E-state index contributed by atoms with van der Waals surface area (Å²) in [6.45, 7) is 4.38. The van der Waals surface area contributed by atoms with Gasteiger partial charge < -0.3 is 9.88 Å². The molecule has 0 radical (unpaired) electrons. The molecular formula is C18H20N6O4S. The Kier molecular flexibility index (Phi) is 6.17. The molecule has 0 aromatic carbocycles. The zero-order valence-electron chi connectivity index (χ0n) is 16.0. The van der Waals surface area contributed by atoms with Crippen LogP contribution in [0.25, 0.3) is 10.6 Å². The molecule has 29 heavy (non-hydrogen) atoms. The zero-order chi connectivity index (χ0) is 21.0. The summed E-state index contributed by atoms with van der Waals surface area (Å²) in [4.78, 5) is 54.1. The highest BCUT2D eigenvalue weighted by molar-refractivity contribution is 7.15. The topological polar surface area (TPSA) is 132 Å². The van der Waals surface area contributed by atoms with Crippen molar-refractivity contribution in [2.24, 2.45) is 0 Å². The number of hydrogen-bond donors (Lipinski definition) is 2. The summed E-state index contributed by atoms with van der Waals surface area (Å²) in [5, 5.41) is 7.99. The summed E-state index contributed by atoms with van der Waals surface area (Å²) >= 11 is 1.51. The molecule has 0 aliphatic rings. The van der Waals surface area contributed by atoms with Gasteiger partial charge in [-0.3, -0.25) is 19.4 Å². The molecule has 11 heteroatoms. The number of rotatable bonds is 7. The molecule has 3 aromatic heterocycles. The Morgan fingerprint density at radius 3 is 2.66 bits per heavy atom. The molecule has 0 unspecified atom stereocenters. The third-order valence-electron chi connectivity index (χ3n) is 4.13. The van der Waals surface area contributed by atoms with Gasteiger partial charge in [0.25, 0.3) is 11.1 Å². The third-order valence-corrected chi connectivity index (χ3v) is 5.22. The van der Waals surface area contributed by atoms with E-state index >= 15 is 0 Å². The summed E-state index contributed by atoms with van der Waals surface area (Å²) in [7, 11) is 0. The Balaban J connectivity index is 1.57. The molecule has 0 saturated carbocycles. The average Bonchev–Trinajstić information content (AvgIpc) is 3.00. The number of aryl methyl sites for hydroxylation is 3. The summed E-state index contributed by atoms with van der Waals surface area (Å²) in [5.74, 6) is -0.277. The van der Waals surface area contributed by atoms with Gasteiger partial charge in [-0.05, 0) is 19.9 Å². The minimum Gasteiger partial charge on any atom is -0.354 e. The number of carbonyl (C=O) groups is 1. The van der Waals surface area contributed by atoms with Crippen LogP contribution in [-0.2, 0) is 17.9 Å². The van der Waals surface area contributed by atoms with Crippen molar-refractivity contribution in [3.8, 4) is 10.6 Å². The van der Waals surface area contributed by atoms with Crippen molar-refractivity contribution in [1.29, 1.82) is 0 Å². The van der Waals surface area contributed by atoms with E-state index in [0.29, 0.717) is 5.69 Å². The third kappa shape index (κ3) is 5.13. The van der Waals surface area contributed by atoms with E-state index in [1.54, 1.807) is 6.07 Å². The number of nitrogens with one attached hydrogen (secondary N) is 2. The molecule has 0 aliphatic carbocycles. The van der Waals surface area contributed by atoms with E-state index in [2.05, 4.69) is 20.4 Å². The maximum absolute atomic E-state index is 12.1. The fourth-order valence-corrected chi connectivity index (χ4v) is 3.62. The molecule has 10 nitrogen and oxygen atoms in total. The Labute approximate surface area is 168 Å². The van der Waals surface area contributed by atoms with Crippen molar-refractivity contribution in [1.82, 2.24) is 29.6 Å². The minimum absolute atomic E-state index is 0.0631. The average molecular weight is 416 g/mol. The lowest BCUT2D eigenvalue weighted by atomic mass is 10.3. The number of carbonyl (C=O) groups excluding carboxylic acids is 1. The van der Waals surface area contributed by atoms with Gasteiger partial charge in [-0.25, -0.2) is 14.5 Å². The van der Waals surface area contributed by atoms with Crippen LogP contribution >= 0.6 is 11.3 Å². The standard InChI is InChI=1S/C18H20N6O4S/c1-11-17(29-12(2)20-11)13-3-4-16(27)24(22-13)10-7-19-14(25)5-8-23-9-6-15(26)21-18(23)28/h3-4,6,9H,5,7-8,10H2,1-2H3,(H,19,25)(H,21,26,28). The highest BCUT2D eigenvalue weighted by Gasteiger charge is 2.11. The van der Waals surface area contributed by atoms with E-state index in [0.717, 1.165) is 15.6 Å². The van der Waals surface area contributed by atoms with Gasteiger partial charge in [-0.2, -0.15) is 5.10 Å². The van der Waals surface area contributed by atoms with E-state index < -0.39 is 11.2 Å². The Hall–Kier alpha value is -3.34. The second-order valence-electron chi connectivity index (χ2n) is 6.33. The molecule has 3 rings (SSSR count). The quantitative estimate of drug-likeness (QED) is 0.559. The smallest absolute Gasteiger partial charge is 0.328 e. The van der Waals surface area contributed by atoms with E-state index in [4.69, 9.17) is 0 Å². The van der Waals surface area contributed by atoms with Crippen molar-refractivity contribution in [3.05, 3.63) is 66.3 Å². The van der Waals surface area contributed by atoms with Crippen LogP contribution in [0.2, 0.25) is 0 Å². The number of hydrogen-bond acceptors (Lipinski definition) is 7. The molecule has 3 heterocycles. The van der Waals surface area contributed by atoms with Gasteiger partial charge in [0, 0.05) is 37.8 Å². The number of thiazole rings is 1. The predicted molar refractivity (Wildman–Crippen MR) is 108 cm³/mol. The Morgan fingerprint density at radius 2 is 1.97 bits per heavy atom. The van der Waals surface area contributed by atoms with E-state index in [-0.39, 0.29) is 37.5 Å². The van der Waals surface area contributed by atoms with Gasteiger partial charge >= 0.3 is 5.69 Å². The normalized spacial score (nSPS) is 10.8. The fraction of sp³-hybridized carbons (Fsp3) is 0.333. The number of H-pyrrole nitrogens is 1. The van der Waals surface area contributed by atoms with Crippen LogP contribution in [0.1, 0.15) is 17.1 Å². The summed E-state index contributed by atoms with van der Waals surface area (Å²) in [5.41, 5.74) is 0.208. The van der Waals surface area contributed by atoms with Crippen LogP contribution in [0, 0.1) is 13.8 Å². The van der Waals surface area contributed by atoms with Crippen molar-refractivity contribution >= 4 is 17.2 Å². The number of nitrogens with zero attached hydrogens (tertiary/aromatic N) is 4. The maximum atomic E-state index is 12.1. The Bertz CT molecular complexity index is 1210. The maximum Gasteiger partial charge on any atom is 0.328 e. The number of amides is 1. The number of aromatic nitrogens is 5. The molecule has 3 aromatic rings. The molecule has 0 atom stereocenters. The fourth-order valence-electron chi connectivity index (χ4n) is 2.73. The summed E-state index contributed by atoms with van der Waals surface area (Å²) in [6, 6.07) is 4.33. The lowest BCUT2D eigenvalue weighted by molar-refractivity contribution is -0.121. The van der Waals surface area contributed by atoms with Crippen molar-refractivity contribution < 1.29 is 4.79 Å². The first-order valence-electron chi connectivity index (χ1n) is 8.92. The van der Waals surface area contributed by atoms with E-state index in [1.807, 2.05) is 13.8 Å². The van der Waals surface area contributed by atoms with Gasteiger partial charge in [0.1, 0.15) is 5.69 Å². The molecule has 152 valence electrons. The van der Waals surface area contributed by atoms with Crippen molar-refractivity contribution in [2.45, 2.75) is 33.4 Å².